The van der Waals surface area contributed by atoms with E-state index < -0.39 is 0 Å². The van der Waals surface area contributed by atoms with Crippen molar-refractivity contribution in [2.75, 3.05) is 0 Å². The molecule has 0 fully saturated rings. The van der Waals surface area contributed by atoms with Gasteiger partial charge < -0.3 is 9.13 Å². The summed E-state index contributed by atoms with van der Waals surface area (Å²) in [6.07, 6.45) is 6.68. The lowest BCUT2D eigenvalue weighted by Gasteiger charge is -2.12. The number of benzene rings is 10. The number of hydrogen-bond acceptors (Lipinski definition) is 1. The van der Waals surface area contributed by atoms with Crippen LogP contribution < -0.4 is 0 Å². The third-order valence-electron chi connectivity index (χ3n) is 19.2. The Morgan fingerprint density at radius 1 is 0.312 bits per heavy atom. The summed E-state index contributed by atoms with van der Waals surface area (Å²) in [4.78, 5) is 4.74. The summed E-state index contributed by atoms with van der Waals surface area (Å²) in [5.41, 5.74) is 27.5. The molecular weight excluding hydrogens is 1120 g/mol. The SMILES string of the molecule is C.C.C.C.C.C.CCC(C)c1ccc(-c2ccc(-c3ccc4c(c3)c3ccccc3n4CC)cc2)cc1.CCC(C)c1ccc(-c2ccc3c(c2)-c2ccccc2C3CC)nc1.CCC(C)c1ccc(-c2cccc(-c3ccc4c(c3)c3ccccc3n4CC)c2)cc1. The molecule has 93 heavy (non-hydrogen) atoms. The van der Waals surface area contributed by atoms with Crippen molar-refractivity contribution < 1.29 is 0 Å². The molecule has 0 bridgehead atoms. The minimum absolute atomic E-state index is 0. The molecule has 3 aromatic heterocycles. The van der Waals surface area contributed by atoms with Crippen molar-refractivity contribution in [2.24, 2.45) is 0 Å². The van der Waals surface area contributed by atoms with Crippen molar-refractivity contribution in [1.82, 2.24) is 14.1 Å². The molecule has 3 heteroatoms. The van der Waals surface area contributed by atoms with Gasteiger partial charge in [-0.15, -0.1) is 0 Å². The van der Waals surface area contributed by atoms with E-state index in [9.17, 15) is 0 Å². The molecule has 0 spiro atoms. The number of nitrogens with zero attached hydrogens (tertiary/aromatic N) is 3. The molecule has 0 radical (unpaired) electrons. The number of rotatable bonds is 14. The zero-order valence-corrected chi connectivity index (χ0v) is 52.5. The van der Waals surface area contributed by atoms with Crippen LogP contribution in [0.25, 0.3) is 111 Å². The van der Waals surface area contributed by atoms with Gasteiger partial charge in [0.05, 0.1) is 5.69 Å². The Hall–Kier alpha value is -9.05. The van der Waals surface area contributed by atoms with Crippen molar-refractivity contribution in [3.8, 4) is 66.9 Å². The van der Waals surface area contributed by atoms with Crippen molar-refractivity contribution in [2.45, 2.75) is 169 Å². The summed E-state index contributed by atoms with van der Waals surface area (Å²) >= 11 is 0. The van der Waals surface area contributed by atoms with Crippen molar-refractivity contribution >= 4 is 43.6 Å². The van der Waals surface area contributed by atoms with Crippen LogP contribution in [0.15, 0.2) is 243 Å². The smallest absolute Gasteiger partial charge is 0.0702 e. The van der Waals surface area contributed by atoms with E-state index in [0.29, 0.717) is 23.7 Å². The molecule has 0 amide bonds. The lowest BCUT2D eigenvalue weighted by molar-refractivity contribution is 0.730. The monoisotopic (exact) mass is 1230 g/mol. The van der Waals surface area contributed by atoms with Crippen LogP contribution in [0.5, 0.6) is 0 Å². The molecule has 4 unspecified atom stereocenters. The third-order valence-corrected chi connectivity index (χ3v) is 19.2. The van der Waals surface area contributed by atoms with Gasteiger partial charge in [-0.25, -0.2) is 0 Å². The Balaban J connectivity index is 0.000000216. The summed E-state index contributed by atoms with van der Waals surface area (Å²) in [6, 6.07) is 87.4. The van der Waals surface area contributed by atoms with Crippen LogP contribution in [0.4, 0.5) is 0 Å². The number of para-hydroxylation sites is 2. The maximum atomic E-state index is 4.74. The first-order valence-corrected chi connectivity index (χ1v) is 32.2. The summed E-state index contributed by atoms with van der Waals surface area (Å²) in [5, 5.41) is 5.33. The van der Waals surface area contributed by atoms with Gasteiger partial charge in [0.25, 0.3) is 0 Å². The van der Waals surface area contributed by atoms with Gasteiger partial charge in [0.2, 0.25) is 0 Å². The zero-order chi connectivity index (χ0) is 60.1. The van der Waals surface area contributed by atoms with Crippen LogP contribution in [0, 0.1) is 0 Å². The number of aromatic nitrogens is 3. The maximum Gasteiger partial charge on any atom is 0.0702 e. The van der Waals surface area contributed by atoms with Crippen LogP contribution >= 0.6 is 0 Å². The Labute approximate surface area is 561 Å². The molecular formula is C90H107N3. The highest BCUT2D eigenvalue weighted by molar-refractivity contribution is 6.10. The molecule has 14 rings (SSSR count). The summed E-state index contributed by atoms with van der Waals surface area (Å²) in [7, 11) is 0. The van der Waals surface area contributed by atoms with Crippen molar-refractivity contribution in [3.05, 3.63) is 271 Å². The first-order valence-electron chi connectivity index (χ1n) is 32.2. The molecule has 1 aliphatic carbocycles. The Morgan fingerprint density at radius 3 is 1.16 bits per heavy atom. The molecule has 482 valence electrons. The Bertz CT molecular complexity index is 4500. The number of pyridine rings is 1. The molecule has 0 saturated heterocycles. The number of hydrogen-bond donors (Lipinski definition) is 0. The van der Waals surface area contributed by atoms with E-state index >= 15 is 0 Å². The quantitative estimate of drug-likeness (QED) is 0.106. The van der Waals surface area contributed by atoms with E-state index in [1.165, 1.54) is 145 Å². The second kappa shape index (κ2) is 32.5. The number of fused-ring (bicyclic) bond motifs is 9. The Kier molecular flexibility index (Phi) is 25.5. The summed E-state index contributed by atoms with van der Waals surface area (Å²) in [6.45, 7) is 22.2. The van der Waals surface area contributed by atoms with Gasteiger partial charge in [0, 0.05) is 74.4 Å². The Morgan fingerprint density at radius 2 is 0.688 bits per heavy atom. The highest BCUT2D eigenvalue weighted by Crippen LogP contribution is 2.47. The predicted molar refractivity (Wildman–Crippen MR) is 416 cm³/mol. The molecule has 0 aliphatic heterocycles. The van der Waals surface area contributed by atoms with Gasteiger partial charge in [0.15, 0.2) is 0 Å². The van der Waals surface area contributed by atoms with Crippen molar-refractivity contribution in [1.29, 1.82) is 0 Å². The number of aryl methyl sites for hydroxylation is 2. The standard InChI is InChI=1S/2C30H29N.C24H25N.6CH4/c1-4-21(3)22-13-15-23(16-14-22)24-9-8-10-25(19-24)26-17-18-30-28(20-26)27-11-6-7-12-29(27)31(30)5-2;1-4-21(3)22-10-12-23(13-11-22)24-14-16-25(17-15-24)26-18-19-30-28(20-26)27-8-6-7-9-29(27)31(30)5-2;1-4-16(3)18-11-13-24(25-15-18)17-10-12-22-19(5-2)20-8-6-7-9-21(20)23(22)14-17;;;;;;/h2*6-21H,4-5H2,1-3H3;6-16,19H,4-5H2,1-3H3;6*1H4. The first-order chi connectivity index (χ1) is 42.6. The van der Waals surface area contributed by atoms with Crippen LogP contribution in [-0.4, -0.2) is 14.1 Å². The molecule has 13 aromatic rings. The first kappa shape index (κ1) is 73.0. The maximum absolute atomic E-state index is 4.74. The van der Waals surface area contributed by atoms with E-state index in [1.54, 1.807) is 0 Å². The molecule has 0 N–H and O–H groups in total. The van der Waals surface area contributed by atoms with Gasteiger partial charge >= 0.3 is 0 Å². The van der Waals surface area contributed by atoms with Crippen LogP contribution in [0.3, 0.4) is 0 Å². The minimum Gasteiger partial charge on any atom is -0.341 e. The van der Waals surface area contributed by atoms with E-state index in [-0.39, 0.29) is 44.6 Å². The predicted octanol–water partition coefficient (Wildman–Crippen LogP) is 27.9. The lowest BCUT2D eigenvalue weighted by Crippen LogP contribution is -1.95. The van der Waals surface area contributed by atoms with Gasteiger partial charge in [-0.1, -0.05) is 275 Å². The molecule has 1 aliphatic rings. The van der Waals surface area contributed by atoms with E-state index in [0.717, 1.165) is 31.6 Å². The van der Waals surface area contributed by atoms with Gasteiger partial charge in [-0.05, 0) is 195 Å². The van der Waals surface area contributed by atoms with E-state index in [4.69, 9.17) is 4.98 Å². The fourth-order valence-corrected chi connectivity index (χ4v) is 13.4. The van der Waals surface area contributed by atoms with Crippen LogP contribution in [0.2, 0.25) is 0 Å². The lowest BCUT2D eigenvalue weighted by atomic mass is 9.93. The highest BCUT2D eigenvalue weighted by Gasteiger charge is 2.27. The average molecular weight is 1230 g/mol. The highest BCUT2D eigenvalue weighted by atomic mass is 15.0. The van der Waals surface area contributed by atoms with Gasteiger partial charge in [0.1, 0.15) is 0 Å². The van der Waals surface area contributed by atoms with Gasteiger partial charge in [-0.3, -0.25) is 4.98 Å². The second-order valence-corrected chi connectivity index (χ2v) is 24.1. The van der Waals surface area contributed by atoms with Crippen LogP contribution in [-0.2, 0) is 13.1 Å². The topological polar surface area (TPSA) is 22.8 Å². The van der Waals surface area contributed by atoms with E-state index in [1.807, 2.05) is 6.20 Å². The van der Waals surface area contributed by atoms with Crippen molar-refractivity contribution in [3.63, 3.8) is 0 Å². The minimum atomic E-state index is 0. The molecule has 4 atom stereocenters. The molecule has 3 nitrogen and oxygen atoms in total. The average Bonchev–Trinajstić information content (AvgIpc) is 1.64. The fraction of sp³-hybridized carbons (Fsp3) is 0.278. The van der Waals surface area contributed by atoms with E-state index in [2.05, 4.69) is 308 Å². The normalized spacial score (nSPS) is 12.7. The van der Waals surface area contributed by atoms with Gasteiger partial charge in [-0.2, -0.15) is 0 Å². The third kappa shape index (κ3) is 14.6. The molecule has 0 saturated carbocycles. The zero-order valence-electron chi connectivity index (χ0n) is 52.5. The molecule has 3 heterocycles. The summed E-state index contributed by atoms with van der Waals surface area (Å²) in [5.74, 6) is 2.32. The molecule has 10 aromatic carbocycles. The fourth-order valence-electron chi connectivity index (χ4n) is 13.4. The second-order valence-electron chi connectivity index (χ2n) is 24.1. The summed E-state index contributed by atoms with van der Waals surface area (Å²) < 4.78 is 4.81. The largest absolute Gasteiger partial charge is 0.341 e. The van der Waals surface area contributed by atoms with Crippen LogP contribution in [0.1, 0.15) is 184 Å².